The number of thiazole rings is 1. The number of Topliss-reactive ketones (excluding diaryl/α,β-unsaturated/α-hetero) is 1. The van der Waals surface area contributed by atoms with E-state index in [0.29, 0.717) is 34.2 Å². The fourth-order valence-electron chi connectivity index (χ4n) is 3.87. The van der Waals surface area contributed by atoms with Crippen molar-refractivity contribution in [3.05, 3.63) is 80.8 Å². The summed E-state index contributed by atoms with van der Waals surface area (Å²) in [5, 5.41) is 11.8. The van der Waals surface area contributed by atoms with Crippen LogP contribution in [0.1, 0.15) is 45.9 Å². The Balaban J connectivity index is 1.92. The van der Waals surface area contributed by atoms with Crippen LogP contribution in [-0.2, 0) is 14.3 Å². The molecule has 186 valence electrons. The summed E-state index contributed by atoms with van der Waals surface area (Å²) >= 11 is 6.92. The Morgan fingerprint density at radius 1 is 1.19 bits per heavy atom. The second-order valence-electron chi connectivity index (χ2n) is 8.00. The first kappa shape index (κ1) is 25.4. The molecule has 2 heterocycles. The third kappa shape index (κ3) is 4.72. The number of nitrogens with zero attached hydrogens (tertiary/aromatic N) is 2. The number of halogens is 1. The zero-order chi connectivity index (χ0) is 26.0. The van der Waals surface area contributed by atoms with Gasteiger partial charge in [0.05, 0.1) is 31.0 Å². The smallest absolute Gasteiger partial charge is 0.350 e. The number of aryl methyl sites for hydroxylation is 1. The van der Waals surface area contributed by atoms with Crippen LogP contribution in [-0.4, -0.2) is 41.5 Å². The number of amides is 1. The van der Waals surface area contributed by atoms with E-state index in [9.17, 15) is 19.5 Å². The number of anilines is 1. The van der Waals surface area contributed by atoms with E-state index in [1.54, 1.807) is 55.5 Å². The minimum absolute atomic E-state index is 0.109. The van der Waals surface area contributed by atoms with Crippen LogP contribution in [0.15, 0.2) is 54.1 Å². The van der Waals surface area contributed by atoms with Gasteiger partial charge in [0.15, 0.2) is 5.13 Å². The van der Waals surface area contributed by atoms with E-state index in [0.717, 1.165) is 17.8 Å². The number of aliphatic hydroxyl groups excluding tert-OH is 1. The highest BCUT2D eigenvalue weighted by molar-refractivity contribution is 7.17. The van der Waals surface area contributed by atoms with Crippen molar-refractivity contribution in [3.8, 4) is 5.75 Å². The van der Waals surface area contributed by atoms with Crippen LogP contribution in [0.3, 0.4) is 0 Å². The van der Waals surface area contributed by atoms with E-state index in [-0.39, 0.29) is 21.3 Å². The molecule has 1 unspecified atom stereocenters. The van der Waals surface area contributed by atoms with Crippen molar-refractivity contribution in [3.63, 3.8) is 0 Å². The highest BCUT2D eigenvalue weighted by Crippen LogP contribution is 2.44. The van der Waals surface area contributed by atoms with Gasteiger partial charge in [0.2, 0.25) is 0 Å². The lowest BCUT2D eigenvalue weighted by Gasteiger charge is -2.23. The summed E-state index contributed by atoms with van der Waals surface area (Å²) in [5.41, 5.74) is 1.11. The summed E-state index contributed by atoms with van der Waals surface area (Å²) in [7, 11) is 1.25. The third-order valence-corrected chi connectivity index (χ3v) is 6.96. The van der Waals surface area contributed by atoms with Crippen LogP contribution in [0, 0.1) is 6.92 Å². The molecule has 4 rings (SSSR count). The van der Waals surface area contributed by atoms with Gasteiger partial charge >= 0.3 is 11.9 Å². The standard InChI is InChI=1S/C26H23ClN2O6S/c1-4-12-35-18-7-5-6-16(13-18)20-19(21(30)15-8-10-17(27)11-9-15)22(31)24(32)29(20)26-28-14(2)23(36-26)25(33)34-3/h5-11,13,20,30H,4,12H2,1-3H3. The Morgan fingerprint density at radius 3 is 2.58 bits per heavy atom. The average molecular weight is 527 g/mol. The number of ketones is 1. The molecular weight excluding hydrogens is 504 g/mol. The van der Waals surface area contributed by atoms with E-state index in [2.05, 4.69) is 4.98 Å². The summed E-state index contributed by atoms with van der Waals surface area (Å²) < 4.78 is 10.6. The predicted molar refractivity (Wildman–Crippen MR) is 137 cm³/mol. The maximum Gasteiger partial charge on any atom is 0.350 e. The summed E-state index contributed by atoms with van der Waals surface area (Å²) in [6, 6.07) is 12.2. The molecule has 1 aliphatic rings. The molecule has 1 fully saturated rings. The molecule has 1 amide bonds. The molecule has 0 bridgehead atoms. The van der Waals surface area contributed by atoms with Crippen LogP contribution in [0.4, 0.5) is 5.13 Å². The van der Waals surface area contributed by atoms with Crippen LogP contribution in [0.25, 0.3) is 5.76 Å². The van der Waals surface area contributed by atoms with Gasteiger partial charge in [0, 0.05) is 10.6 Å². The zero-order valence-electron chi connectivity index (χ0n) is 19.8. The van der Waals surface area contributed by atoms with Crippen LogP contribution in [0.2, 0.25) is 5.02 Å². The number of carbonyl (C=O) groups is 3. The van der Waals surface area contributed by atoms with Crippen LogP contribution < -0.4 is 9.64 Å². The molecule has 1 aromatic heterocycles. The first-order chi connectivity index (χ1) is 17.3. The molecule has 1 N–H and O–H groups in total. The molecular formula is C26H23ClN2O6S. The lowest BCUT2D eigenvalue weighted by atomic mass is 9.95. The molecule has 0 saturated carbocycles. The zero-order valence-corrected chi connectivity index (χ0v) is 21.4. The summed E-state index contributed by atoms with van der Waals surface area (Å²) in [6.07, 6.45) is 0.800. The predicted octanol–water partition coefficient (Wildman–Crippen LogP) is 5.31. The van der Waals surface area contributed by atoms with Gasteiger partial charge in [-0.1, -0.05) is 42.0 Å². The number of esters is 1. The molecule has 1 aliphatic heterocycles. The molecule has 2 aromatic carbocycles. The molecule has 8 nitrogen and oxygen atoms in total. The van der Waals surface area contributed by atoms with Crippen molar-refractivity contribution in [2.45, 2.75) is 26.3 Å². The number of methoxy groups -OCH3 is 1. The molecule has 3 aromatic rings. The van der Waals surface area contributed by atoms with E-state index in [4.69, 9.17) is 21.1 Å². The number of carbonyl (C=O) groups excluding carboxylic acids is 3. The second kappa shape index (κ2) is 10.5. The topological polar surface area (TPSA) is 106 Å². The Bertz CT molecular complexity index is 1370. The molecule has 10 heteroatoms. The lowest BCUT2D eigenvalue weighted by Crippen LogP contribution is -2.29. The summed E-state index contributed by atoms with van der Waals surface area (Å²) in [5.74, 6) is -2.14. The fourth-order valence-corrected chi connectivity index (χ4v) is 5.01. The largest absolute Gasteiger partial charge is 0.507 e. The van der Waals surface area contributed by atoms with Gasteiger partial charge in [0.25, 0.3) is 5.78 Å². The normalized spacial score (nSPS) is 16.9. The molecule has 0 radical (unpaired) electrons. The number of benzene rings is 2. The Kier molecular flexibility index (Phi) is 7.42. The van der Waals surface area contributed by atoms with Crippen molar-refractivity contribution in [2.24, 2.45) is 0 Å². The first-order valence-corrected chi connectivity index (χ1v) is 12.3. The van der Waals surface area contributed by atoms with E-state index in [1.165, 1.54) is 12.0 Å². The second-order valence-corrected chi connectivity index (χ2v) is 9.41. The SMILES string of the molecule is CCCOc1cccc(C2C(=C(O)c3ccc(Cl)cc3)C(=O)C(=O)N2c2nc(C)c(C(=O)OC)s2)c1. The van der Waals surface area contributed by atoms with Crippen LogP contribution in [0.5, 0.6) is 5.75 Å². The maximum absolute atomic E-state index is 13.3. The number of aliphatic hydroxyl groups is 1. The fraction of sp³-hybridized carbons (Fsp3) is 0.231. The van der Waals surface area contributed by atoms with Crippen molar-refractivity contribution >= 4 is 51.5 Å². The Morgan fingerprint density at radius 2 is 1.92 bits per heavy atom. The molecule has 1 saturated heterocycles. The van der Waals surface area contributed by atoms with E-state index in [1.807, 2.05) is 6.92 Å². The number of hydrogen-bond donors (Lipinski definition) is 1. The monoisotopic (exact) mass is 526 g/mol. The van der Waals surface area contributed by atoms with E-state index >= 15 is 0 Å². The number of ether oxygens (including phenoxy) is 2. The van der Waals surface area contributed by atoms with Crippen molar-refractivity contribution in [2.75, 3.05) is 18.6 Å². The number of rotatable bonds is 7. The van der Waals surface area contributed by atoms with Gasteiger partial charge < -0.3 is 14.6 Å². The van der Waals surface area contributed by atoms with Gasteiger partial charge in [-0.3, -0.25) is 14.5 Å². The molecule has 36 heavy (non-hydrogen) atoms. The number of aromatic nitrogens is 1. The third-order valence-electron chi connectivity index (χ3n) is 5.57. The highest BCUT2D eigenvalue weighted by Gasteiger charge is 2.48. The molecule has 0 aliphatic carbocycles. The van der Waals surface area contributed by atoms with Gasteiger partial charge in [-0.25, -0.2) is 9.78 Å². The Labute approximate surface area is 216 Å². The lowest BCUT2D eigenvalue weighted by molar-refractivity contribution is -0.132. The van der Waals surface area contributed by atoms with Crippen LogP contribution >= 0.6 is 22.9 Å². The minimum Gasteiger partial charge on any atom is -0.507 e. The van der Waals surface area contributed by atoms with Gasteiger partial charge in [0.1, 0.15) is 16.4 Å². The van der Waals surface area contributed by atoms with E-state index < -0.39 is 23.7 Å². The quantitative estimate of drug-likeness (QED) is 0.192. The number of hydrogen-bond acceptors (Lipinski definition) is 8. The maximum atomic E-state index is 13.3. The first-order valence-electron chi connectivity index (χ1n) is 11.1. The van der Waals surface area contributed by atoms with Gasteiger partial charge in [-0.2, -0.15) is 0 Å². The van der Waals surface area contributed by atoms with Gasteiger partial charge in [-0.15, -0.1) is 0 Å². The minimum atomic E-state index is -1.01. The Hall–Kier alpha value is -3.69. The summed E-state index contributed by atoms with van der Waals surface area (Å²) in [4.78, 5) is 44.6. The van der Waals surface area contributed by atoms with Crippen molar-refractivity contribution in [1.82, 2.24) is 4.98 Å². The summed E-state index contributed by atoms with van der Waals surface area (Å²) in [6.45, 7) is 4.09. The van der Waals surface area contributed by atoms with Crippen molar-refractivity contribution < 1.29 is 29.0 Å². The van der Waals surface area contributed by atoms with Crippen molar-refractivity contribution in [1.29, 1.82) is 0 Å². The molecule has 1 atom stereocenters. The molecule has 0 spiro atoms. The average Bonchev–Trinajstić information content (AvgIpc) is 3.39. The highest BCUT2D eigenvalue weighted by atomic mass is 35.5. The van der Waals surface area contributed by atoms with Gasteiger partial charge in [-0.05, 0) is 55.3 Å².